The maximum absolute atomic E-state index is 12.7. The number of carbonyl (C=O) groups is 1. The van der Waals surface area contributed by atoms with Gasteiger partial charge in [-0.1, -0.05) is 0 Å². The van der Waals surface area contributed by atoms with Crippen LogP contribution in [0.3, 0.4) is 0 Å². The van der Waals surface area contributed by atoms with Crippen molar-refractivity contribution in [1.29, 1.82) is 0 Å². The molecule has 0 heterocycles. The number of hydrogen-bond acceptors (Lipinski definition) is 9. The molecule has 10 nitrogen and oxygen atoms in total. The molecule has 1 N–H and O–H groups in total. The van der Waals surface area contributed by atoms with Crippen LogP contribution in [0.5, 0.6) is 28.7 Å². The van der Waals surface area contributed by atoms with Gasteiger partial charge in [0.15, 0.2) is 11.5 Å². The van der Waals surface area contributed by atoms with E-state index in [2.05, 4.69) is 4.72 Å². The van der Waals surface area contributed by atoms with Gasteiger partial charge in [0.2, 0.25) is 0 Å². The van der Waals surface area contributed by atoms with Gasteiger partial charge < -0.3 is 23.7 Å². The van der Waals surface area contributed by atoms with E-state index in [1.807, 2.05) is 0 Å². The van der Waals surface area contributed by atoms with Gasteiger partial charge in [0.05, 0.1) is 51.6 Å². The van der Waals surface area contributed by atoms with Gasteiger partial charge in [0.1, 0.15) is 17.2 Å². The quantitative estimate of drug-likeness (QED) is 0.383. The summed E-state index contributed by atoms with van der Waals surface area (Å²) in [5.74, 6) is 1.10. The first-order valence-electron chi connectivity index (χ1n) is 9.66. The molecule has 0 spiro atoms. The largest absolute Gasteiger partial charge is 0.496 e. The van der Waals surface area contributed by atoms with E-state index in [1.54, 1.807) is 31.1 Å². The molecular weight excluding hydrogens is 452 g/mol. The normalized spacial score (nSPS) is 11.4. The average molecular weight is 481 g/mol. The topological polar surface area (TPSA) is 113 Å². The Morgan fingerprint density at radius 2 is 1.52 bits per heavy atom. The minimum atomic E-state index is -3.94. The molecule has 0 bridgehead atoms. The second-order valence-corrected chi connectivity index (χ2v) is 8.54. The molecule has 33 heavy (non-hydrogen) atoms. The van der Waals surface area contributed by atoms with Crippen LogP contribution in [0.25, 0.3) is 6.08 Å². The smallest absolute Gasteiger partial charge is 0.325 e. The molecule has 0 amide bonds. The monoisotopic (exact) mass is 480 g/mol. The van der Waals surface area contributed by atoms with Crippen LogP contribution in [0, 0.1) is 0 Å². The molecule has 0 aromatic heterocycles. The van der Waals surface area contributed by atoms with Crippen molar-refractivity contribution in [2.24, 2.45) is 0 Å². The van der Waals surface area contributed by atoms with E-state index in [-0.39, 0.29) is 23.7 Å². The molecule has 0 aliphatic heterocycles. The number of nitrogens with one attached hydrogen (secondary N) is 1. The van der Waals surface area contributed by atoms with Gasteiger partial charge >= 0.3 is 5.97 Å². The van der Waals surface area contributed by atoms with E-state index >= 15 is 0 Å². The van der Waals surface area contributed by atoms with Crippen LogP contribution in [0.4, 0.5) is 5.69 Å². The van der Waals surface area contributed by atoms with Crippen molar-refractivity contribution in [1.82, 2.24) is 4.90 Å². The zero-order valence-corrected chi connectivity index (χ0v) is 20.2. The van der Waals surface area contributed by atoms with Crippen molar-refractivity contribution in [3.8, 4) is 28.7 Å². The molecule has 11 heteroatoms. The van der Waals surface area contributed by atoms with Crippen LogP contribution < -0.4 is 28.4 Å². The number of benzene rings is 2. The van der Waals surface area contributed by atoms with Crippen LogP contribution in [0.2, 0.25) is 0 Å². The summed E-state index contributed by atoms with van der Waals surface area (Å²) in [6.45, 7) is 0.0490. The van der Waals surface area contributed by atoms with Crippen LogP contribution in [0.15, 0.2) is 35.7 Å². The number of hydrogen-bond donors (Lipinski definition) is 1. The Hall–Kier alpha value is -3.44. The van der Waals surface area contributed by atoms with Crippen molar-refractivity contribution < 1.29 is 36.9 Å². The molecule has 0 fully saturated rings. The number of likely N-dealkylation sites (N-methyl/N-ethyl adjacent to an activating group) is 1. The van der Waals surface area contributed by atoms with E-state index < -0.39 is 16.0 Å². The summed E-state index contributed by atoms with van der Waals surface area (Å²) in [4.78, 5) is 13.7. The van der Waals surface area contributed by atoms with Gasteiger partial charge in [-0.05, 0) is 32.3 Å². The fraction of sp³-hybridized carbons (Fsp3) is 0.318. The average Bonchev–Trinajstić information content (AvgIpc) is 2.76. The molecule has 0 aliphatic carbocycles. The molecule has 0 unspecified atom stereocenters. The predicted octanol–water partition coefficient (Wildman–Crippen LogP) is 2.60. The zero-order chi connectivity index (χ0) is 24.6. The lowest BCUT2D eigenvalue weighted by molar-refractivity contribution is -0.135. The summed E-state index contributed by atoms with van der Waals surface area (Å²) in [6.07, 6.45) is 1.35. The number of esters is 1. The maximum Gasteiger partial charge on any atom is 0.325 e. The number of methoxy groups -OCH3 is 4. The van der Waals surface area contributed by atoms with Crippen molar-refractivity contribution in [3.63, 3.8) is 0 Å². The lowest BCUT2D eigenvalue weighted by atomic mass is 10.1. The van der Waals surface area contributed by atoms with Gasteiger partial charge in [-0.2, -0.15) is 0 Å². The Morgan fingerprint density at radius 1 is 0.909 bits per heavy atom. The van der Waals surface area contributed by atoms with Crippen molar-refractivity contribution in [2.45, 2.75) is 0 Å². The van der Waals surface area contributed by atoms with Crippen LogP contribution in [0.1, 0.15) is 5.56 Å². The maximum atomic E-state index is 12.7. The molecule has 0 saturated heterocycles. The molecule has 0 saturated carbocycles. The highest BCUT2D eigenvalue weighted by atomic mass is 32.2. The minimum absolute atomic E-state index is 0.0490. The Kier molecular flexibility index (Phi) is 8.94. The molecule has 2 aromatic rings. The fourth-order valence-corrected chi connectivity index (χ4v) is 3.62. The summed E-state index contributed by atoms with van der Waals surface area (Å²) >= 11 is 0. The van der Waals surface area contributed by atoms with E-state index in [0.717, 1.165) is 5.41 Å². The minimum Gasteiger partial charge on any atom is -0.496 e. The van der Waals surface area contributed by atoms with E-state index in [9.17, 15) is 13.2 Å². The van der Waals surface area contributed by atoms with Gasteiger partial charge in [-0.25, -0.2) is 8.42 Å². The van der Waals surface area contributed by atoms with Crippen molar-refractivity contribution >= 4 is 27.8 Å². The van der Waals surface area contributed by atoms with Crippen LogP contribution >= 0.6 is 0 Å². The zero-order valence-electron chi connectivity index (χ0n) is 19.4. The first-order chi connectivity index (χ1) is 15.6. The summed E-state index contributed by atoms with van der Waals surface area (Å²) in [5, 5.41) is 0.974. The summed E-state index contributed by atoms with van der Waals surface area (Å²) in [6, 6.07) is 7.57. The molecule has 2 rings (SSSR count). The molecule has 0 radical (unpaired) electrons. The fourth-order valence-electron chi connectivity index (χ4n) is 2.79. The first kappa shape index (κ1) is 25.8. The third kappa shape index (κ3) is 7.29. The SMILES string of the molecule is COc1cc(OC)c(C=CS(=O)(=O)Nc2ccc(OC)c(OC(=O)CN(C)C)c2)c(OC)c1. The molecule has 0 atom stereocenters. The third-order valence-corrected chi connectivity index (χ3v) is 5.27. The highest BCUT2D eigenvalue weighted by Gasteiger charge is 2.16. The van der Waals surface area contributed by atoms with Gasteiger partial charge in [-0.15, -0.1) is 0 Å². The van der Waals surface area contributed by atoms with Gasteiger partial charge in [0.25, 0.3) is 10.0 Å². The summed E-state index contributed by atoms with van der Waals surface area (Å²) in [7, 11) is 5.33. The second kappa shape index (κ2) is 11.4. The number of nitrogens with zero attached hydrogens (tertiary/aromatic N) is 1. The van der Waals surface area contributed by atoms with Crippen molar-refractivity contribution in [2.75, 3.05) is 53.8 Å². The molecule has 180 valence electrons. The standard InChI is InChI=1S/C22H28N2O8S/c1-24(2)14-22(25)32-21-11-15(7-8-18(21)29-4)23-33(26,27)10-9-17-19(30-5)12-16(28-3)13-20(17)31-6/h7-13,23H,14H2,1-6H3. The number of anilines is 1. The highest BCUT2D eigenvalue weighted by Crippen LogP contribution is 2.35. The molecule has 0 aliphatic rings. The Labute approximate surface area is 193 Å². The second-order valence-electron chi connectivity index (χ2n) is 6.97. The van der Waals surface area contributed by atoms with Crippen molar-refractivity contribution in [3.05, 3.63) is 41.3 Å². The van der Waals surface area contributed by atoms with Gasteiger partial charge in [0, 0.05) is 18.2 Å². The number of ether oxygens (including phenoxy) is 5. The summed E-state index contributed by atoms with van der Waals surface area (Å²) < 4.78 is 54.1. The highest BCUT2D eigenvalue weighted by molar-refractivity contribution is 7.95. The van der Waals surface area contributed by atoms with E-state index in [1.165, 1.54) is 52.7 Å². The lowest BCUT2D eigenvalue weighted by Gasteiger charge is -2.14. The van der Waals surface area contributed by atoms with Gasteiger partial charge in [-0.3, -0.25) is 14.4 Å². The first-order valence-corrected chi connectivity index (χ1v) is 11.2. The van der Waals surface area contributed by atoms with E-state index in [4.69, 9.17) is 23.7 Å². The Bertz CT molecular complexity index is 1090. The van der Waals surface area contributed by atoms with Crippen LogP contribution in [-0.2, 0) is 14.8 Å². The lowest BCUT2D eigenvalue weighted by Crippen LogP contribution is -2.25. The number of sulfonamides is 1. The molecule has 2 aromatic carbocycles. The predicted molar refractivity (Wildman–Crippen MR) is 125 cm³/mol. The van der Waals surface area contributed by atoms with Crippen LogP contribution in [-0.4, -0.2) is 68.4 Å². The van der Waals surface area contributed by atoms with E-state index in [0.29, 0.717) is 22.8 Å². The third-order valence-electron chi connectivity index (χ3n) is 4.26. The number of carbonyl (C=O) groups excluding carboxylic acids is 1. The molecular formula is C22H28N2O8S. The summed E-state index contributed by atoms with van der Waals surface area (Å²) in [5.41, 5.74) is 0.598. The number of rotatable bonds is 11. The Balaban J connectivity index is 2.30. The Morgan fingerprint density at radius 3 is 2.03 bits per heavy atom.